The molecular formula is C18H19NO2. The van der Waals surface area contributed by atoms with Crippen LogP contribution in [-0.4, -0.2) is 17.1 Å². The van der Waals surface area contributed by atoms with Gasteiger partial charge in [0.25, 0.3) is 0 Å². The molecule has 108 valence electrons. The minimum absolute atomic E-state index is 0.202. The second-order valence-corrected chi connectivity index (χ2v) is 4.90. The lowest BCUT2D eigenvalue weighted by Gasteiger charge is -2.15. The van der Waals surface area contributed by atoms with Crippen LogP contribution in [0.1, 0.15) is 12.5 Å². The van der Waals surface area contributed by atoms with Gasteiger partial charge in [0, 0.05) is 5.69 Å². The Kier molecular flexibility index (Phi) is 5.29. The van der Waals surface area contributed by atoms with E-state index in [1.165, 1.54) is 0 Å². The molecule has 0 fully saturated rings. The van der Waals surface area contributed by atoms with Crippen LogP contribution in [0.4, 0.5) is 5.69 Å². The molecule has 0 aliphatic carbocycles. The maximum absolute atomic E-state index is 12.1. The lowest BCUT2D eigenvalue weighted by Crippen LogP contribution is -2.29. The van der Waals surface area contributed by atoms with Gasteiger partial charge >= 0.3 is 0 Å². The van der Waals surface area contributed by atoms with E-state index in [2.05, 4.69) is 5.32 Å². The van der Waals surface area contributed by atoms with Gasteiger partial charge in [0.15, 0.2) is 0 Å². The number of para-hydroxylation sites is 1. The summed E-state index contributed by atoms with van der Waals surface area (Å²) in [6.45, 7) is 1.71. The van der Waals surface area contributed by atoms with Crippen molar-refractivity contribution in [2.75, 3.05) is 5.32 Å². The highest BCUT2D eigenvalue weighted by Crippen LogP contribution is 2.12. The van der Waals surface area contributed by atoms with E-state index in [1.807, 2.05) is 66.7 Å². The van der Waals surface area contributed by atoms with E-state index < -0.39 is 12.0 Å². The molecule has 3 nitrogen and oxygen atoms in total. The van der Waals surface area contributed by atoms with Crippen LogP contribution in [0.15, 0.2) is 66.7 Å². The van der Waals surface area contributed by atoms with Gasteiger partial charge in [-0.3, -0.25) is 4.79 Å². The molecule has 0 aromatic heterocycles. The summed E-state index contributed by atoms with van der Waals surface area (Å²) in [7, 11) is 0. The van der Waals surface area contributed by atoms with E-state index in [9.17, 15) is 9.90 Å². The van der Waals surface area contributed by atoms with Gasteiger partial charge in [-0.15, -0.1) is 0 Å². The van der Waals surface area contributed by atoms with E-state index in [-0.39, 0.29) is 5.91 Å². The standard InChI is InChI=1S/C18H19NO2/c1-14(18(21)19-16-10-6-3-7-11-16)17(20)13-12-15-8-4-2-5-9-15/h2-14,17,20H,1H3,(H,19,21)/b13-12+/t14-,17-/m0/s1. The molecule has 0 heterocycles. The largest absolute Gasteiger partial charge is 0.388 e. The van der Waals surface area contributed by atoms with E-state index in [0.29, 0.717) is 0 Å². The molecule has 0 saturated heterocycles. The Hall–Kier alpha value is -2.39. The van der Waals surface area contributed by atoms with Crippen LogP contribution in [0, 0.1) is 5.92 Å². The zero-order chi connectivity index (χ0) is 15.1. The van der Waals surface area contributed by atoms with Crippen LogP contribution in [0.5, 0.6) is 0 Å². The van der Waals surface area contributed by atoms with Crippen LogP contribution < -0.4 is 5.32 Å². The van der Waals surface area contributed by atoms with E-state index in [4.69, 9.17) is 0 Å². The summed E-state index contributed by atoms with van der Waals surface area (Å²) < 4.78 is 0. The number of nitrogens with one attached hydrogen (secondary N) is 1. The quantitative estimate of drug-likeness (QED) is 0.883. The highest BCUT2D eigenvalue weighted by Gasteiger charge is 2.19. The Bertz CT molecular complexity index is 593. The van der Waals surface area contributed by atoms with Gasteiger partial charge in [-0.25, -0.2) is 0 Å². The topological polar surface area (TPSA) is 49.3 Å². The molecule has 0 saturated carbocycles. The number of aliphatic hydroxyl groups excluding tert-OH is 1. The predicted molar refractivity (Wildman–Crippen MR) is 85.7 cm³/mol. The summed E-state index contributed by atoms with van der Waals surface area (Å²) in [6.07, 6.45) is 2.63. The lowest BCUT2D eigenvalue weighted by atomic mass is 10.0. The monoisotopic (exact) mass is 281 g/mol. The summed E-state index contributed by atoms with van der Waals surface area (Å²) in [6, 6.07) is 18.9. The Balaban J connectivity index is 1.94. The van der Waals surface area contributed by atoms with Crippen LogP contribution in [0.3, 0.4) is 0 Å². The van der Waals surface area contributed by atoms with Gasteiger partial charge in [-0.2, -0.15) is 0 Å². The third-order valence-electron chi connectivity index (χ3n) is 3.25. The first-order valence-electron chi connectivity index (χ1n) is 6.94. The van der Waals surface area contributed by atoms with Gasteiger partial charge in [0.2, 0.25) is 5.91 Å². The summed E-state index contributed by atoms with van der Waals surface area (Å²) in [5, 5.41) is 12.9. The number of amides is 1. The number of carbonyl (C=O) groups is 1. The van der Waals surface area contributed by atoms with E-state index in [1.54, 1.807) is 13.0 Å². The number of hydrogen-bond donors (Lipinski definition) is 2. The Morgan fingerprint density at radius 1 is 1.05 bits per heavy atom. The minimum Gasteiger partial charge on any atom is -0.388 e. The fourth-order valence-corrected chi connectivity index (χ4v) is 1.87. The van der Waals surface area contributed by atoms with E-state index in [0.717, 1.165) is 11.3 Å². The van der Waals surface area contributed by atoms with Crippen LogP contribution >= 0.6 is 0 Å². The fourth-order valence-electron chi connectivity index (χ4n) is 1.87. The zero-order valence-electron chi connectivity index (χ0n) is 11.9. The molecule has 0 aliphatic rings. The van der Waals surface area contributed by atoms with Crippen molar-refractivity contribution in [3.8, 4) is 0 Å². The van der Waals surface area contributed by atoms with Gasteiger partial charge in [0.1, 0.15) is 0 Å². The van der Waals surface area contributed by atoms with E-state index >= 15 is 0 Å². The smallest absolute Gasteiger partial charge is 0.230 e. The number of rotatable bonds is 5. The van der Waals surface area contributed by atoms with Crippen molar-refractivity contribution in [3.63, 3.8) is 0 Å². The minimum atomic E-state index is -0.825. The molecule has 0 unspecified atom stereocenters. The molecular weight excluding hydrogens is 262 g/mol. The Labute approximate surface area is 124 Å². The molecule has 2 rings (SSSR count). The third-order valence-corrected chi connectivity index (χ3v) is 3.25. The van der Waals surface area contributed by atoms with Gasteiger partial charge in [-0.1, -0.05) is 67.6 Å². The molecule has 2 aromatic carbocycles. The zero-order valence-corrected chi connectivity index (χ0v) is 11.9. The van der Waals surface area contributed by atoms with Gasteiger partial charge < -0.3 is 10.4 Å². The van der Waals surface area contributed by atoms with Crippen LogP contribution in [0.25, 0.3) is 6.08 Å². The van der Waals surface area contributed by atoms with Crippen molar-refractivity contribution in [1.29, 1.82) is 0 Å². The molecule has 0 aliphatic heterocycles. The van der Waals surface area contributed by atoms with Crippen molar-refractivity contribution in [2.45, 2.75) is 13.0 Å². The van der Waals surface area contributed by atoms with Crippen molar-refractivity contribution in [2.24, 2.45) is 5.92 Å². The lowest BCUT2D eigenvalue weighted by molar-refractivity contribution is -0.121. The maximum Gasteiger partial charge on any atom is 0.230 e. The first-order valence-corrected chi connectivity index (χ1v) is 6.94. The number of benzene rings is 2. The van der Waals surface area contributed by atoms with Crippen LogP contribution in [0.2, 0.25) is 0 Å². The molecule has 21 heavy (non-hydrogen) atoms. The van der Waals surface area contributed by atoms with Crippen molar-refractivity contribution >= 4 is 17.7 Å². The predicted octanol–water partition coefficient (Wildman–Crippen LogP) is 3.34. The molecule has 0 radical (unpaired) electrons. The van der Waals surface area contributed by atoms with Gasteiger partial charge in [0.05, 0.1) is 12.0 Å². The molecule has 2 aromatic rings. The number of carbonyl (C=O) groups excluding carboxylic acids is 1. The second-order valence-electron chi connectivity index (χ2n) is 4.90. The molecule has 0 bridgehead atoms. The maximum atomic E-state index is 12.1. The summed E-state index contributed by atoms with van der Waals surface area (Å²) >= 11 is 0. The summed E-state index contributed by atoms with van der Waals surface area (Å²) in [5.74, 6) is -0.725. The average Bonchev–Trinajstić information content (AvgIpc) is 2.53. The summed E-state index contributed by atoms with van der Waals surface area (Å²) in [4.78, 5) is 12.1. The first kappa shape index (κ1) is 15.0. The third kappa shape index (κ3) is 4.58. The molecule has 1 amide bonds. The fraction of sp³-hybridized carbons (Fsp3) is 0.167. The Morgan fingerprint density at radius 3 is 2.24 bits per heavy atom. The molecule has 2 N–H and O–H groups in total. The Morgan fingerprint density at radius 2 is 1.62 bits per heavy atom. The number of aliphatic hydroxyl groups is 1. The van der Waals surface area contributed by atoms with Crippen molar-refractivity contribution in [3.05, 3.63) is 72.3 Å². The molecule has 0 spiro atoms. The number of hydrogen-bond acceptors (Lipinski definition) is 2. The second kappa shape index (κ2) is 7.41. The highest BCUT2D eigenvalue weighted by atomic mass is 16.3. The average molecular weight is 281 g/mol. The summed E-state index contributed by atoms with van der Waals surface area (Å²) in [5.41, 5.74) is 1.72. The van der Waals surface area contributed by atoms with Crippen molar-refractivity contribution < 1.29 is 9.90 Å². The van der Waals surface area contributed by atoms with Crippen molar-refractivity contribution in [1.82, 2.24) is 0 Å². The number of anilines is 1. The SMILES string of the molecule is C[C@H](C(=O)Nc1ccccc1)[C@@H](O)/C=C/c1ccccc1. The molecule has 3 heteroatoms. The first-order chi connectivity index (χ1) is 10.2. The van der Waals surface area contributed by atoms with Gasteiger partial charge in [-0.05, 0) is 17.7 Å². The normalized spacial score (nSPS) is 13.8. The van der Waals surface area contributed by atoms with Crippen LogP contribution in [-0.2, 0) is 4.79 Å². The molecule has 2 atom stereocenters. The highest BCUT2D eigenvalue weighted by molar-refractivity contribution is 5.92.